The van der Waals surface area contributed by atoms with Crippen molar-refractivity contribution in [3.8, 4) is 11.1 Å². The van der Waals surface area contributed by atoms with E-state index in [1.54, 1.807) is 6.07 Å². The van der Waals surface area contributed by atoms with E-state index in [4.69, 9.17) is 5.73 Å². The second-order valence-corrected chi connectivity index (χ2v) is 7.66. The number of pyridine rings is 1. The van der Waals surface area contributed by atoms with Gasteiger partial charge in [0.15, 0.2) is 5.65 Å². The highest BCUT2D eigenvalue weighted by Gasteiger charge is 2.40. The van der Waals surface area contributed by atoms with E-state index in [0.29, 0.717) is 11.2 Å². The molecule has 0 unspecified atom stereocenters. The maximum Gasteiger partial charge on any atom is 0.300 e. The van der Waals surface area contributed by atoms with Crippen LogP contribution in [0.4, 0.5) is 23.5 Å². The quantitative estimate of drug-likeness (QED) is 0.372. The molecule has 1 amide bonds. The number of rotatable bonds is 6. The van der Waals surface area contributed by atoms with Crippen molar-refractivity contribution in [3.63, 3.8) is 0 Å². The summed E-state index contributed by atoms with van der Waals surface area (Å²) in [4.78, 5) is 16.7. The van der Waals surface area contributed by atoms with Gasteiger partial charge in [0.05, 0.1) is 12.1 Å². The molecular weight excluding hydrogens is 454 g/mol. The zero-order valence-electron chi connectivity index (χ0n) is 17.8. The Morgan fingerprint density at radius 1 is 1.18 bits per heavy atom. The van der Waals surface area contributed by atoms with Gasteiger partial charge in [0, 0.05) is 17.3 Å². The number of amides is 1. The number of fused-ring (bicyclic) bond motifs is 1. The monoisotopic (exact) mass is 473 g/mol. The third-order valence-corrected chi connectivity index (χ3v) is 5.35. The van der Waals surface area contributed by atoms with Gasteiger partial charge in [-0.1, -0.05) is 24.3 Å². The van der Waals surface area contributed by atoms with Crippen LogP contribution in [0.25, 0.3) is 16.8 Å². The highest BCUT2D eigenvalue weighted by atomic mass is 19.3. The van der Waals surface area contributed by atoms with E-state index in [-0.39, 0.29) is 22.6 Å². The Kier molecular flexibility index (Phi) is 5.96. The van der Waals surface area contributed by atoms with Crippen LogP contribution in [0.2, 0.25) is 0 Å². The van der Waals surface area contributed by atoms with E-state index in [1.807, 2.05) is 0 Å². The summed E-state index contributed by atoms with van der Waals surface area (Å²) in [6.45, 7) is 0.630. The second kappa shape index (κ2) is 8.75. The minimum absolute atomic E-state index is 0.0394. The average Bonchev–Trinajstić information content (AvgIpc) is 3.17. The van der Waals surface area contributed by atoms with Gasteiger partial charge in [-0.25, -0.2) is 13.3 Å². The Labute approximate surface area is 190 Å². The molecular formula is C23H19F4N5O2. The van der Waals surface area contributed by atoms with Gasteiger partial charge in [0.25, 0.3) is 11.8 Å². The molecule has 4 N–H and O–H groups in total. The smallest absolute Gasteiger partial charge is 0.300 e. The first-order valence-corrected chi connectivity index (χ1v) is 10.1. The Balaban J connectivity index is 1.56. The van der Waals surface area contributed by atoms with Gasteiger partial charge in [0.1, 0.15) is 17.7 Å². The summed E-state index contributed by atoms with van der Waals surface area (Å²) in [6, 6.07) is 9.44. The van der Waals surface area contributed by atoms with Gasteiger partial charge in [-0.3, -0.25) is 4.79 Å². The lowest BCUT2D eigenvalue weighted by molar-refractivity contribution is -0.112. The standard InChI is InChI=1S/C23H19F4N5O2/c1-12-2-7-16(13-8-9-32-18(10-13)30-22(28)31-32)20(25)19(12)21(34)29-11-17(33)23(26,27)14-3-5-15(24)6-4-14/h2-10,17,33H,11H2,1H3,(H2,28,31)(H,29,34)/t17-/m0/s1. The summed E-state index contributed by atoms with van der Waals surface area (Å²) in [5, 5.41) is 16.1. The van der Waals surface area contributed by atoms with Crippen LogP contribution in [0.1, 0.15) is 21.5 Å². The van der Waals surface area contributed by atoms with Gasteiger partial charge < -0.3 is 16.2 Å². The lowest BCUT2D eigenvalue weighted by Crippen LogP contribution is -2.42. The molecule has 0 bridgehead atoms. The number of aromatic nitrogens is 3. The van der Waals surface area contributed by atoms with Gasteiger partial charge in [-0.15, -0.1) is 5.10 Å². The van der Waals surface area contributed by atoms with Crippen LogP contribution in [-0.2, 0) is 5.92 Å². The second-order valence-electron chi connectivity index (χ2n) is 7.66. The first-order chi connectivity index (χ1) is 16.1. The number of aliphatic hydroxyl groups is 1. The number of benzene rings is 2. The van der Waals surface area contributed by atoms with Crippen LogP contribution in [0.3, 0.4) is 0 Å². The fourth-order valence-corrected chi connectivity index (χ4v) is 3.51. The molecule has 0 fully saturated rings. The molecule has 0 saturated heterocycles. The van der Waals surface area contributed by atoms with E-state index in [9.17, 15) is 23.1 Å². The molecule has 2 aromatic heterocycles. The number of carbonyl (C=O) groups excluding carboxylic acids is 1. The number of anilines is 1. The number of aryl methyl sites for hydroxylation is 1. The van der Waals surface area contributed by atoms with Crippen LogP contribution < -0.4 is 11.1 Å². The first-order valence-electron chi connectivity index (χ1n) is 10.1. The summed E-state index contributed by atoms with van der Waals surface area (Å²) in [5.41, 5.74) is 5.71. The third kappa shape index (κ3) is 4.29. The summed E-state index contributed by atoms with van der Waals surface area (Å²) < 4.78 is 58.8. The summed E-state index contributed by atoms with van der Waals surface area (Å²) in [5.74, 6) is -6.28. The molecule has 0 aliphatic heterocycles. The Morgan fingerprint density at radius 3 is 2.59 bits per heavy atom. The Morgan fingerprint density at radius 2 is 1.88 bits per heavy atom. The lowest BCUT2D eigenvalue weighted by atomic mass is 9.98. The number of nitrogens with two attached hydrogens (primary N) is 1. The van der Waals surface area contributed by atoms with E-state index < -0.39 is 41.7 Å². The van der Waals surface area contributed by atoms with Crippen molar-refractivity contribution >= 4 is 17.5 Å². The van der Waals surface area contributed by atoms with Crippen molar-refractivity contribution in [3.05, 3.63) is 83.1 Å². The number of aliphatic hydroxyl groups excluding tert-OH is 1. The summed E-state index contributed by atoms with van der Waals surface area (Å²) >= 11 is 0. The molecule has 0 aliphatic rings. The van der Waals surface area contributed by atoms with E-state index in [2.05, 4.69) is 15.4 Å². The first kappa shape index (κ1) is 23.2. The van der Waals surface area contributed by atoms with Crippen LogP contribution in [0, 0.1) is 18.6 Å². The molecule has 1 atom stereocenters. The summed E-state index contributed by atoms with van der Waals surface area (Å²) in [7, 11) is 0. The fraction of sp³-hybridized carbons (Fsp3) is 0.174. The average molecular weight is 473 g/mol. The molecule has 7 nitrogen and oxygen atoms in total. The minimum atomic E-state index is -3.77. The lowest BCUT2D eigenvalue weighted by Gasteiger charge is -2.23. The van der Waals surface area contributed by atoms with Crippen molar-refractivity contribution in [2.75, 3.05) is 12.3 Å². The topological polar surface area (TPSA) is 106 Å². The minimum Gasteiger partial charge on any atom is -0.385 e. The summed E-state index contributed by atoms with van der Waals surface area (Å²) in [6.07, 6.45) is -0.796. The number of hydrogen-bond acceptors (Lipinski definition) is 5. The van der Waals surface area contributed by atoms with Crippen LogP contribution in [-0.4, -0.2) is 38.3 Å². The maximum atomic E-state index is 15.4. The number of halogens is 4. The molecule has 0 spiro atoms. The number of nitrogens with one attached hydrogen (secondary N) is 1. The highest BCUT2D eigenvalue weighted by Crippen LogP contribution is 2.32. The van der Waals surface area contributed by atoms with Crippen molar-refractivity contribution in [1.82, 2.24) is 19.9 Å². The third-order valence-electron chi connectivity index (χ3n) is 5.35. The van der Waals surface area contributed by atoms with Gasteiger partial charge in [0.2, 0.25) is 5.95 Å². The van der Waals surface area contributed by atoms with Crippen LogP contribution >= 0.6 is 0 Å². The molecule has 34 heavy (non-hydrogen) atoms. The molecule has 2 aromatic carbocycles. The van der Waals surface area contributed by atoms with Gasteiger partial charge in [-0.2, -0.15) is 13.8 Å². The maximum absolute atomic E-state index is 15.4. The Bertz CT molecular complexity index is 1370. The number of alkyl halides is 2. The number of nitrogens with zero attached hydrogens (tertiary/aromatic N) is 3. The Hall–Kier alpha value is -3.99. The van der Waals surface area contributed by atoms with Gasteiger partial charge >= 0.3 is 0 Å². The number of carbonyl (C=O) groups is 1. The van der Waals surface area contributed by atoms with Crippen LogP contribution in [0.15, 0.2) is 54.7 Å². The predicted molar refractivity (Wildman–Crippen MR) is 116 cm³/mol. The van der Waals surface area contributed by atoms with Gasteiger partial charge in [-0.05, 0) is 42.3 Å². The zero-order chi connectivity index (χ0) is 24.6. The highest BCUT2D eigenvalue weighted by molar-refractivity contribution is 5.97. The van der Waals surface area contributed by atoms with Crippen molar-refractivity contribution in [1.29, 1.82) is 0 Å². The normalized spacial score (nSPS) is 12.6. The molecule has 0 saturated carbocycles. The molecule has 2 heterocycles. The van der Waals surface area contributed by atoms with E-state index in [0.717, 1.165) is 24.3 Å². The van der Waals surface area contributed by atoms with E-state index >= 15 is 4.39 Å². The van der Waals surface area contributed by atoms with Crippen molar-refractivity contribution < 1.29 is 27.5 Å². The fourth-order valence-electron chi connectivity index (χ4n) is 3.51. The van der Waals surface area contributed by atoms with Crippen molar-refractivity contribution in [2.45, 2.75) is 19.0 Å². The molecule has 176 valence electrons. The van der Waals surface area contributed by atoms with Crippen molar-refractivity contribution in [2.24, 2.45) is 0 Å². The van der Waals surface area contributed by atoms with Crippen LogP contribution in [0.5, 0.6) is 0 Å². The predicted octanol–water partition coefficient (Wildman–Crippen LogP) is 3.45. The zero-order valence-corrected chi connectivity index (χ0v) is 17.8. The molecule has 4 rings (SSSR count). The SMILES string of the molecule is Cc1ccc(-c2ccn3nc(N)nc3c2)c(F)c1C(=O)NC[C@H](O)C(F)(F)c1ccc(F)cc1. The van der Waals surface area contributed by atoms with E-state index in [1.165, 1.54) is 35.8 Å². The number of nitrogen functional groups attached to an aromatic ring is 1. The molecule has 4 aromatic rings. The molecule has 0 aliphatic carbocycles. The number of hydrogen-bond donors (Lipinski definition) is 3. The largest absolute Gasteiger partial charge is 0.385 e. The molecule has 11 heteroatoms. The molecule has 0 radical (unpaired) electrons.